The van der Waals surface area contributed by atoms with Crippen LogP contribution in [-0.2, 0) is 0 Å². The third-order valence-corrected chi connectivity index (χ3v) is 2.18. The van der Waals surface area contributed by atoms with Crippen molar-refractivity contribution >= 4 is 28.4 Å². The molecule has 0 spiro atoms. The second-order valence-electron chi connectivity index (χ2n) is 2.67. The fourth-order valence-electron chi connectivity index (χ4n) is 0.901. The van der Waals surface area contributed by atoms with Gasteiger partial charge in [-0.25, -0.2) is 4.98 Å². The lowest BCUT2D eigenvalue weighted by Gasteiger charge is -1.94. The smallest absolute Gasteiger partial charge is 0.328 e. The number of amides is 1. The van der Waals surface area contributed by atoms with Crippen molar-refractivity contribution in [1.82, 2.24) is 15.1 Å². The van der Waals surface area contributed by atoms with E-state index in [9.17, 15) is 4.79 Å². The first-order chi connectivity index (χ1) is 7.15. The highest BCUT2D eigenvalue weighted by Crippen LogP contribution is 2.12. The van der Waals surface area contributed by atoms with E-state index in [2.05, 4.69) is 20.4 Å². The van der Waals surface area contributed by atoms with Gasteiger partial charge >= 0.3 is 6.01 Å². The van der Waals surface area contributed by atoms with Gasteiger partial charge in [-0.3, -0.25) is 10.1 Å². The fraction of sp³-hybridized carbons (Fsp3) is 0.143. The van der Waals surface area contributed by atoms with Crippen LogP contribution >= 0.6 is 11.3 Å². The normalized spacial score (nSPS) is 10.2. The van der Waals surface area contributed by atoms with E-state index in [1.807, 2.05) is 0 Å². The molecule has 0 atom stereocenters. The third kappa shape index (κ3) is 2.10. The van der Waals surface area contributed by atoms with Crippen molar-refractivity contribution in [2.75, 3.05) is 11.1 Å². The number of nitrogens with one attached hydrogen (secondary N) is 1. The molecule has 0 bridgehead atoms. The van der Waals surface area contributed by atoms with Crippen molar-refractivity contribution in [3.05, 3.63) is 16.9 Å². The molecule has 7 nitrogen and oxygen atoms in total. The van der Waals surface area contributed by atoms with Gasteiger partial charge in [0, 0.05) is 5.38 Å². The summed E-state index contributed by atoms with van der Waals surface area (Å²) >= 11 is 1.19. The number of carbonyl (C=O) groups is 1. The van der Waals surface area contributed by atoms with E-state index < -0.39 is 5.91 Å². The van der Waals surface area contributed by atoms with Gasteiger partial charge in [0.2, 0.25) is 0 Å². The quantitative estimate of drug-likeness (QED) is 0.777. The third-order valence-electron chi connectivity index (χ3n) is 1.50. The molecule has 2 heterocycles. The number of hydrogen-bond acceptors (Lipinski definition) is 7. The first kappa shape index (κ1) is 9.59. The zero-order valence-corrected chi connectivity index (χ0v) is 8.54. The van der Waals surface area contributed by atoms with E-state index in [0.29, 0.717) is 11.0 Å². The number of rotatable bonds is 2. The predicted molar refractivity (Wildman–Crippen MR) is 53.5 cm³/mol. The number of carbonyl (C=O) groups excluding carboxylic acids is 1. The van der Waals surface area contributed by atoms with Gasteiger partial charge in [-0.05, 0) is 6.92 Å². The van der Waals surface area contributed by atoms with Crippen LogP contribution in [0.5, 0.6) is 0 Å². The molecule has 0 aromatic carbocycles. The Morgan fingerprint density at radius 2 is 2.40 bits per heavy atom. The Labute approximate surface area is 88.3 Å². The van der Waals surface area contributed by atoms with E-state index >= 15 is 0 Å². The molecule has 2 aromatic rings. The molecule has 0 saturated carbocycles. The number of nitrogen functional groups attached to an aromatic ring is 1. The molecular weight excluding hydrogens is 218 g/mol. The van der Waals surface area contributed by atoms with Crippen molar-refractivity contribution in [3.63, 3.8) is 0 Å². The Balaban J connectivity index is 2.10. The van der Waals surface area contributed by atoms with Crippen LogP contribution in [0.2, 0.25) is 0 Å². The van der Waals surface area contributed by atoms with Crippen LogP contribution in [0, 0.1) is 6.92 Å². The number of nitrogens with two attached hydrogens (primary N) is 1. The Morgan fingerprint density at radius 3 is 2.93 bits per heavy atom. The minimum atomic E-state index is -0.424. The van der Waals surface area contributed by atoms with Crippen molar-refractivity contribution in [2.45, 2.75) is 6.92 Å². The molecule has 15 heavy (non-hydrogen) atoms. The summed E-state index contributed by atoms with van der Waals surface area (Å²) in [5.41, 5.74) is 5.62. The zero-order valence-electron chi connectivity index (χ0n) is 7.72. The summed E-state index contributed by atoms with van der Waals surface area (Å²) in [4.78, 5) is 19.1. The second kappa shape index (κ2) is 3.65. The molecular formula is C7H7N5O2S. The summed E-state index contributed by atoms with van der Waals surface area (Å²) in [5, 5.41) is 7.81. The van der Waals surface area contributed by atoms with Crippen LogP contribution < -0.4 is 11.1 Å². The van der Waals surface area contributed by atoms with Crippen molar-refractivity contribution in [3.8, 4) is 0 Å². The average Bonchev–Trinajstić information content (AvgIpc) is 2.75. The van der Waals surface area contributed by atoms with Gasteiger partial charge in [0.15, 0.2) is 11.0 Å². The van der Waals surface area contributed by atoms with Gasteiger partial charge in [0.25, 0.3) is 5.91 Å². The standard InChI is InChI=1S/C7H7N5O2S/c1-3-9-7(14-12-3)11-5(13)4-2-15-6(8)10-4/h2H,1H3,(H2,8,10)(H,9,11,12,13). The summed E-state index contributed by atoms with van der Waals surface area (Å²) in [6.45, 7) is 1.65. The summed E-state index contributed by atoms with van der Waals surface area (Å²) in [6.07, 6.45) is 0. The summed E-state index contributed by atoms with van der Waals surface area (Å²) in [6, 6.07) is 0.0454. The SMILES string of the molecule is Cc1noc(NC(=O)c2csc(N)n2)n1. The Bertz CT molecular complexity index is 491. The highest BCUT2D eigenvalue weighted by Gasteiger charge is 2.12. The maximum atomic E-state index is 11.5. The molecule has 2 aromatic heterocycles. The number of thiazole rings is 1. The zero-order chi connectivity index (χ0) is 10.8. The Hall–Kier alpha value is -1.96. The highest BCUT2D eigenvalue weighted by atomic mass is 32.1. The molecule has 78 valence electrons. The molecule has 3 N–H and O–H groups in total. The van der Waals surface area contributed by atoms with Crippen LogP contribution in [0.1, 0.15) is 16.3 Å². The van der Waals surface area contributed by atoms with Crippen molar-refractivity contribution in [1.29, 1.82) is 0 Å². The number of nitrogens with zero attached hydrogens (tertiary/aromatic N) is 3. The predicted octanol–water partition coefficient (Wildman–Crippen LogP) is 0.669. The Morgan fingerprint density at radius 1 is 1.60 bits per heavy atom. The molecule has 1 amide bonds. The van der Waals surface area contributed by atoms with Gasteiger partial charge in [0.05, 0.1) is 0 Å². The number of aryl methyl sites for hydroxylation is 1. The van der Waals surface area contributed by atoms with Gasteiger partial charge in [-0.15, -0.1) is 11.3 Å². The molecule has 8 heteroatoms. The van der Waals surface area contributed by atoms with Gasteiger partial charge in [0.1, 0.15) is 5.69 Å². The lowest BCUT2D eigenvalue weighted by Crippen LogP contribution is -2.12. The molecule has 0 unspecified atom stereocenters. The van der Waals surface area contributed by atoms with Gasteiger partial charge in [-0.2, -0.15) is 4.98 Å². The van der Waals surface area contributed by atoms with Crippen molar-refractivity contribution in [2.24, 2.45) is 0 Å². The largest absolute Gasteiger partial charge is 0.375 e. The first-order valence-electron chi connectivity index (χ1n) is 3.98. The topological polar surface area (TPSA) is 107 Å². The van der Waals surface area contributed by atoms with Crippen LogP contribution in [-0.4, -0.2) is 21.0 Å². The lowest BCUT2D eigenvalue weighted by molar-refractivity contribution is 0.101. The van der Waals surface area contributed by atoms with E-state index in [4.69, 9.17) is 10.3 Å². The maximum absolute atomic E-state index is 11.5. The van der Waals surface area contributed by atoms with Gasteiger partial charge in [-0.1, -0.05) is 5.16 Å². The fourth-order valence-corrected chi connectivity index (χ4v) is 1.44. The minimum absolute atomic E-state index is 0.0454. The maximum Gasteiger partial charge on any atom is 0.328 e. The molecule has 0 aliphatic rings. The molecule has 0 aliphatic heterocycles. The summed E-state index contributed by atoms with van der Waals surface area (Å²) in [5.74, 6) is 0.0229. The average molecular weight is 225 g/mol. The van der Waals surface area contributed by atoms with Gasteiger partial charge < -0.3 is 10.3 Å². The molecule has 0 aliphatic carbocycles. The lowest BCUT2D eigenvalue weighted by atomic mass is 10.5. The second-order valence-corrected chi connectivity index (χ2v) is 3.56. The molecule has 2 rings (SSSR count). The Kier molecular flexibility index (Phi) is 2.34. The van der Waals surface area contributed by atoms with Crippen LogP contribution in [0.25, 0.3) is 0 Å². The first-order valence-corrected chi connectivity index (χ1v) is 4.86. The van der Waals surface area contributed by atoms with Crippen LogP contribution in [0.15, 0.2) is 9.90 Å². The molecule has 0 radical (unpaired) electrons. The van der Waals surface area contributed by atoms with E-state index in [0.717, 1.165) is 0 Å². The summed E-state index contributed by atoms with van der Waals surface area (Å²) in [7, 11) is 0. The van der Waals surface area contributed by atoms with E-state index in [1.165, 1.54) is 11.3 Å². The molecule has 0 saturated heterocycles. The molecule has 0 fully saturated rings. The van der Waals surface area contributed by atoms with E-state index in [-0.39, 0.29) is 11.7 Å². The highest BCUT2D eigenvalue weighted by molar-refractivity contribution is 7.13. The number of aromatic nitrogens is 3. The number of hydrogen-bond donors (Lipinski definition) is 2. The minimum Gasteiger partial charge on any atom is -0.375 e. The van der Waals surface area contributed by atoms with Crippen molar-refractivity contribution < 1.29 is 9.32 Å². The number of anilines is 2. The monoisotopic (exact) mass is 225 g/mol. The van der Waals surface area contributed by atoms with Crippen LogP contribution in [0.3, 0.4) is 0 Å². The van der Waals surface area contributed by atoms with Crippen LogP contribution in [0.4, 0.5) is 11.1 Å². The summed E-state index contributed by atoms with van der Waals surface area (Å²) < 4.78 is 4.71. The van der Waals surface area contributed by atoms with E-state index in [1.54, 1.807) is 12.3 Å².